The highest BCUT2D eigenvalue weighted by Crippen LogP contribution is 2.09. The van der Waals surface area contributed by atoms with E-state index in [1.807, 2.05) is 6.92 Å². The van der Waals surface area contributed by atoms with E-state index in [1.165, 1.54) is 42.6 Å². The molecule has 2 aromatic rings. The third kappa shape index (κ3) is 3.64. The first-order chi connectivity index (χ1) is 9.47. The Morgan fingerprint density at radius 2 is 1.65 bits per heavy atom. The van der Waals surface area contributed by atoms with Crippen LogP contribution < -0.4 is 4.83 Å². The van der Waals surface area contributed by atoms with Crippen LogP contribution in [-0.2, 0) is 10.0 Å². The van der Waals surface area contributed by atoms with Crippen LogP contribution in [0.25, 0.3) is 0 Å². The molecule has 0 unspecified atom stereocenters. The van der Waals surface area contributed by atoms with Crippen LogP contribution in [-0.4, -0.2) is 14.6 Å². The molecule has 0 aliphatic heterocycles. The Labute approximate surface area is 117 Å². The van der Waals surface area contributed by atoms with Crippen LogP contribution >= 0.6 is 0 Å². The fourth-order valence-electron chi connectivity index (χ4n) is 1.49. The summed E-state index contributed by atoms with van der Waals surface area (Å²) in [6, 6.07) is 12.0. The van der Waals surface area contributed by atoms with Gasteiger partial charge in [-0.1, -0.05) is 29.8 Å². The Balaban J connectivity index is 2.09. The topological polar surface area (TPSA) is 58.5 Å². The van der Waals surface area contributed by atoms with Crippen LogP contribution in [0.1, 0.15) is 11.1 Å². The van der Waals surface area contributed by atoms with E-state index in [0.717, 1.165) is 5.56 Å². The van der Waals surface area contributed by atoms with Crippen molar-refractivity contribution in [1.82, 2.24) is 4.83 Å². The van der Waals surface area contributed by atoms with Crippen molar-refractivity contribution in [3.63, 3.8) is 0 Å². The first kappa shape index (κ1) is 14.2. The minimum atomic E-state index is -3.68. The number of sulfonamides is 1. The van der Waals surface area contributed by atoms with Crippen molar-refractivity contribution in [3.8, 4) is 0 Å². The van der Waals surface area contributed by atoms with Crippen molar-refractivity contribution in [3.05, 3.63) is 65.5 Å². The Morgan fingerprint density at radius 1 is 1.05 bits per heavy atom. The average molecular weight is 292 g/mol. The minimum absolute atomic E-state index is 0.138. The van der Waals surface area contributed by atoms with Gasteiger partial charge in [0.05, 0.1) is 11.1 Å². The molecule has 0 amide bonds. The number of benzene rings is 2. The lowest BCUT2D eigenvalue weighted by molar-refractivity contribution is 0.584. The molecule has 0 saturated heterocycles. The number of nitrogens with zero attached hydrogens (tertiary/aromatic N) is 1. The fourth-order valence-corrected chi connectivity index (χ4v) is 2.28. The summed E-state index contributed by atoms with van der Waals surface area (Å²) in [6.07, 6.45) is 1.31. The Hall–Kier alpha value is -2.21. The second-order valence-corrected chi connectivity index (χ2v) is 5.88. The van der Waals surface area contributed by atoms with Crippen molar-refractivity contribution in [2.75, 3.05) is 0 Å². The fraction of sp³-hybridized carbons (Fsp3) is 0.0714. The number of hydrogen-bond acceptors (Lipinski definition) is 3. The molecule has 0 aliphatic rings. The molecule has 104 valence electrons. The van der Waals surface area contributed by atoms with E-state index in [2.05, 4.69) is 9.93 Å². The monoisotopic (exact) mass is 292 g/mol. The number of hydrogen-bond donors (Lipinski definition) is 1. The second kappa shape index (κ2) is 5.83. The zero-order valence-electron chi connectivity index (χ0n) is 10.7. The lowest BCUT2D eigenvalue weighted by atomic mass is 10.2. The number of aryl methyl sites for hydroxylation is 1. The third-order valence-electron chi connectivity index (χ3n) is 2.59. The molecule has 2 aromatic carbocycles. The molecule has 0 aliphatic carbocycles. The van der Waals surface area contributed by atoms with Crippen molar-refractivity contribution < 1.29 is 12.8 Å². The van der Waals surface area contributed by atoms with Gasteiger partial charge in [-0.25, -0.2) is 9.22 Å². The van der Waals surface area contributed by atoms with Crippen LogP contribution in [0.2, 0.25) is 0 Å². The van der Waals surface area contributed by atoms with Crippen LogP contribution in [0, 0.1) is 12.7 Å². The van der Waals surface area contributed by atoms with Gasteiger partial charge in [-0.15, -0.1) is 0 Å². The quantitative estimate of drug-likeness (QED) is 0.695. The highest BCUT2D eigenvalue weighted by atomic mass is 32.2. The number of rotatable bonds is 4. The number of nitrogens with one attached hydrogen (secondary N) is 1. The van der Waals surface area contributed by atoms with Crippen molar-refractivity contribution in [2.24, 2.45) is 5.10 Å². The molecule has 2 rings (SSSR count). The molecule has 0 spiro atoms. The third-order valence-corrected chi connectivity index (χ3v) is 3.83. The second-order valence-electron chi connectivity index (χ2n) is 4.22. The maximum atomic E-state index is 12.7. The largest absolute Gasteiger partial charge is 0.276 e. The van der Waals surface area contributed by atoms with Gasteiger partial charge in [0.15, 0.2) is 0 Å². The van der Waals surface area contributed by atoms with Crippen LogP contribution in [0.15, 0.2) is 58.5 Å². The predicted octanol–water partition coefficient (Wildman–Crippen LogP) is 2.45. The first-order valence-electron chi connectivity index (χ1n) is 5.84. The van der Waals surface area contributed by atoms with E-state index in [9.17, 15) is 12.8 Å². The van der Waals surface area contributed by atoms with E-state index in [-0.39, 0.29) is 10.7 Å². The molecule has 20 heavy (non-hydrogen) atoms. The molecular weight excluding hydrogens is 279 g/mol. The molecule has 1 N–H and O–H groups in total. The molecule has 0 radical (unpaired) electrons. The van der Waals surface area contributed by atoms with Gasteiger partial charge in [0.1, 0.15) is 5.82 Å². The summed E-state index contributed by atoms with van der Waals surface area (Å²) in [5.74, 6) is -0.359. The van der Waals surface area contributed by atoms with E-state index >= 15 is 0 Å². The molecule has 4 nitrogen and oxygen atoms in total. The molecule has 0 saturated carbocycles. The molecule has 0 heterocycles. The lowest BCUT2D eigenvalue weighted by Crippen LogP contribution is -2.18. The van der Waals surface area contributed by atoms with Crippen LogP contribution in [0.3, 0.4) is 0 Å². The molecule has 6 heteroatoms. The van der Waals surface area contributed by atoms with Gasteiger partial charge < -0.3 is 0 Å². The van der Waals surface area contributed by atoms with E-state index in [1.54, 1.807) is 12.1 Å². The minimum Gasteiger partial charge on any atom is -0.207 e. The SMILES string of the molecule is Cc1ccc(S(=O)(=O)NN=Cc2ccc(F)cc2)cc1. The van der Waals surface area contributed by atoms with Gasteiger partial charge in [-0.3, -0.25) is 0 Å². The smallest absolute Gasteiger partial charge is 0.207 e. The Kier molecular flexibility index (Phi) is 4.14. The predicted molar refractivity (Wildman–Crippen MR) is 75.5 cm³/mol. The standard InChI is InChI=1S/C14H13FN2O2S/c1-11-2-8-14(9-3-11)20(18,19)17-16-10-12-4-6-13(15)7-5-12/h2-10,17H,1H3. The van der Waals surface area contributed by atoms with Crippen molar-refractivity contribution in [2.45, 2.75) is 11.8 Å². The Bertz CT molecular complexity index is 708. The summed E-state index contributed by atoms with van der Waals surface area (Å²) in [5, 5.41) is 3.66. The summed E-state index contributed by atoms with van der Waals surface area (Å²) in [4.78, 5) is 2.24. The summed E-state index contributed by atoms with van der Waals surface area (Å²) in [5.41, 5.74) is 1.57. The van der Waals surface area contributed by atoms with Crippen molar-refractivity contribution in [1.29, 1.82) is 0 Å². The maximum Gasteiger partial charge on any atom is 0.276 e. The first-order valence-corrected chi connectivity index (χ1v) is 7.33. The van der Waals surface area contributed by atoms with Crippen molar-refractivity contribution >= 4 is 16.2 Å². The van der Waals surface area contributed by atoms with E-state index in [0.29, 0.717) is 5.56 Å². The highest BCUT2D eigenvalue weighted by molar-refractivity contribution is 7.89. The molecule has 0 aromatic heterocycles. The lowest BCUT2D eigenvalue weighted by Gasteiger charge is -2.03. The summed E-state index contributed by atoms with van der Waals surface area (Å²) >= 11 is 0. The molecule has 0 bridgehead atoms. The molecule has 0 fully saturated rings. The summed E-state index contributed by atoms with van der Waals surface area (Å²) in [6.45, 7) is 1.87. The summed E-state index contributed by atoms with van der Waals surface area (Å²) in [7, 11) is -3.68. The zero-order valence-corrected chi connectivity index (χ0v) is 11.6. The number of hydrazone groups is 1. The highest BCUT2D eigenvalue weighted by Gasteiger charge is 2.11. The Morgan fingerprint density at radius 3 is 2.25 bits per heavy atom. The summed E-state index contributed by atoms with van der Waals surface area (Å²) < 4.78 is 36.5. The average Bonchev–Trinajstić information content (AvgIpc) is 2.41. The van der Waals surface area contributed by atoms with Gasteiger partial charge in [-0.2, -0.15) is 13.5 Å². The van der Waals surface area contributed by atoms with Gasteiger partial charge in [0.25, 0.3) is 10.0 Å². The van der Waals surface area contributed by atoms with Crippen LogP contribution in [0.4, 0.5) is 4.39 Å². The van der Waals surface area contributed by atoms with E-state index in [4.69, 9.17) is 0 Å². The van der Waals surface area contributed by atoms with E-state index < -0.39 is 10.0 Å². The molecule has 0 atom stereocenters. The van der Waals surface area contributed by atoms with Gasteiger partial charge in [0.2, 0.25) is 0 Å². The van der Waals surface area contributed by atoms with Gasteiger partial charge >= 0.3 is 0 Å². The normalized spacial score (nSPS) is 11.7. The van der Waals surface area contributed by atoms with Crippen LogP contribution in [0.5, 0.6) is 0 Å². The van der Waals surface area contributed by atoms with Gasteiger partial charge in [-0.05, 0) is 36.8 Å². The zero-order chi connectivity index (χ0) is 14.6. The number of halogens is 1. The van der Waals surface area contributed by atoms with Gasteiger partial charge in [0, 0.05) is 0 Å². The maximum absolute atomic E-state index is 12.7. The molecular formula is C14H13FN2O2S.